The molecular formula is C67H126O17P2. The summed E-state index contributed by atoms with van der Waals surface area (Å²) in [6.45, 7) is 7.07. The van der Waals surface area contributed by atoms with E-state index >= 15 is 0 Å². The molecule has 0 saturated heterocycles. The van der Waals surface area contributed by atoms with Gasteiger partial charge < -0.3 is 33.8 Å². The van der Waals surface area contributed by atoms with E-state index in [0.29, 0.717) is 25.7 Å². The lowest BCUT2D eigenvalue weighted by Crippen LogP contribution is -2.30. The minimum Gasteiger partial charge on any atom is -0.462 e. The molecule has 0 fully saturated rings. The third-order valence-corrected chi connectivity index (χ3v) is 16.8. The van der Waals surface area contributed by atoms with Crippen LogP contribution in [0.3, 0.4) is 0 Å². The number of rotatable bonds is 65. The fraction of sp³-hybridized carbons (Fsp3) is 0.881. The van der Waals surface area contributed by atoms with Crippen LogP contribution < -0.4 is 0 Å². The Hall–Kier alpha value is -2.46. The summed E-state index contributed by atoms with van der Waals surface area (Å²) in [7, 11) is -9.89. The van der Waals surface area contributed by atoms with Gasteiger partial charge in [0.1, 0.15) is 19.3 Å². The zero-order chi connectivity index (χ0) is 63.5. The van der Waals surface area contributed by atoms with Gasteiger partial charge in [-0.2, -0.15) is 0 Å². The maximum atomic E-state index is 13.0. The monoisotopic (exact) mass is 1260 g/mol. The summed E-state index contributed by atoms with van der Waals surface area (Å²) in [5, 5.41) is 10.5. The summed E-state index contributed by atoms with van der Waals surface area (Å²) in [6, 6.07) is 0. The third-order valence-electron chi connectivity index (χ3n) is 14.9. The smallest absolute Gasteiger partial charge is 0.462 e. The van der Waals surface area contributed by atoms with E-state index in [0.717, 1.165) is 121 Å². The predicted octanol–water partition coefficient (Wildman–Crippen LogP) is 18.5. The Morgan fingerprint density at radius 1 is 0.360 bits per heavy atom. The van der Waals surface area contributed by atoms with Crippen molar-refractivity contribution in [3.8, 4) is 0 Å². The molecular weight excluding hydrogens is 1140 g/mol. The van der Waals surface area contributed by atoms with E-state index < -0.39 is 97.5 Å². The first-order valence-electron chi connectivity index (χ1n) is 34.5. The first-order chi connectivity index (χ1) is 41.5. The van der Waals surface area contributed by atoms with Crippen LogP contribution in [0.4, 0.5) is 0 Å². The second kappa shape index (κ2) is 60.1. The van der Waals surface area contributed by atoms with Gasteiger partial charge in [-0.25, -0.2) is 9.13 Å². The van der Waals surface area contributed by atoms with Gasteiger partial charge in [-0.05, 0) is 57.3 Å². The molecule has 5 atom stereocenters. The maximum Gasteiger partial charge on any atom is 0.472 e. The molecule has 0 aromatic rings. The van der Waals surface area contributed by atoms with Crippen LogP contribution in [0.2, 0.25) is 0 Å². The number of carbonyl (C=O) groups excluding carboxylic acids is 4. The van der Waals surface area contributed by atoms with Crippen molar-refractivity contribution in [2.45, 2.75) is 335 Å². The Morgan fingerprint density at radius 3 is 0.953 bits per heavy atom. The van der Waals surface area contributed by atoms with Gasteiger partial charge in [0.05, 0.1) is 26.4 Å². The number of aliphatic hydroxyl groups excluding tert-OH is 1. The minimum absolute atomic E-state index is 0.101. The van der Waals surface area contributed by atoms with E-state index in [4.69, 9.17) is 37.0 Å². The molecule has 0 heterocycles. The molecule has 0 aliphatic carbocycles. The molecule has 506 valence electrons. The van der Waals surface area contributed by atoms with E-state index in [1.807, 2.05) is 0 Å². The molecule has 19 heteroatoms. The summed E-state index contributed by atoms with van der Waals surface area (Å²) in [5.74, 6) is -1.38. The van der Waals surface area contributed by atoms with Gasteiger partial charge in [-0.15, -0.1) is 0 Å². The molecule has 17 nitrogen and oxygen atoms in total. The van der Waals surface area contributed by atoms with Crippen molar-refractivity contribution in [3.05, 3.63) is 24.3 Å². The summed E-state index contributed by atoms with van der Waals surface area (Å²) in [6.07, 6.45) is 48.4. The van der Waals surface area contributed by atoms with Gasteiger partial charge in [0.2, 0.25) is 0 Å². The lowest BCUT2D eigenvalue weighted by molar-refractivity contribution is -0.161. The van der Waals surface area contributed by atoms with Crippen LogP contribution in [-0.2, 0) is 65.4 Å². The molecule has 0 aromatic heterocycles. The molecule has 86 heavy (non-hydrogen) atoms. The highest BCUT2D eigenvalue weighted by Crippen LogP contribution is 2.45. The quantitative estimate of drug-likeness (QED) is 0.0169. The number of esters is 4. The van der Waals surface area contributed by atoms with Crippen LogP contribution >= 0.6 is 15.6 Å². The van der Waals surface area contributed by atoms with Gasteiger partial charge >= 0.3 is 39.5 Å². The van der Waals surface area contributed by atoms with Crippen LogP contribution in [-0.4, -0.2) is 96.7 Å². The molecule has 3 N–H and O–H groups in total. The number of allylic oxidation sites excluding steroid dienone is 4. The summed E-state index contributed by atoms with van der Waals surface area (Å²) in [4.78, 5) is 72.0. The number of hydrogen-bond acceptors (Lipinski definition) is 15. The SMILES string of the molecule is CCCCCC/C=C\C=C/CCCCCCCC(=O)OC[C@H](COP(=O)(O)OC[C@@H](O)COP(=O)(O)OC[C@@H](COC(=O)CCCCCCC)OC(=O)CCCCCCCCCCC)OC(=O)CCCCCCCCCCCCCCCCC(C)C. The highest BCUT2D eigenvalue weighted by atomic mass is 31.2. The highest BCUT2D eigenvalue weighted by Gasteiger charge is 2.30. The molecule has 0 rings (SSSR count). The fourth-order valence-corrected chi connectivity index (χ4v) is 11.2. The van der Waals surface area contributed by atoms with Gasteiger partial charge in [-0.1, -0.05) is 264 Å². The molecule has 0 aliphatic heterocycles. The second-order valence-electron chi connectivity index (χ2n) is 24.0. The zero-order valence-corrected chi connectivity index (χ0v) is 56.7. The van der Waals surface area contributed by atoms with Crippen molar-refractivity contribution in [3.63, 3.8) is 0 Å². The molecule has 0 spiro atoms. The molecule has 0 aromatic carbocycles. The number of ether oxygens (including phenoxy) is 4. The molecule has 0 aliphatic rings. The van der Waals surface area contributed by atoms with Crippen molar-refractivity contribution < 1.29 is 80.2 Å². The van der Waals surface area contributed by atoms with Gasteiger partial charge in [0, 0.05) is 25.7 Å². The minimum atomic E-state index is -4.95. The normalized spacial score (nSPS) is 14.3. The largest absolute Gasteiger partial charge is 0.472 e. The average Bonchev–Trinajstić information content (AvgIpc) is 3.51. The lowest BCUT2D eigenvalue weighted by atomic mass is 10.0. The zero-order valence-electron chi connectivity index (χ0n) is 54.9. The van der Waals surface area contributed by atoms with E-state index in [1.54, 1.807) is 0 Å². The highest BCUT2D eigenvalue weighted by molar-refractivity contribution is 7.47. The Balaban J connectivity index is 5.19. The molecule has 0 radical (unpaired) electrons. The Bertz CT molecular complexity index is 1760. The fourth-order valence-electron chi connectivity index (χ4n) is 9.57. The Kier molecular flexibility index (Phi) is 58.4. The van der Waals surface area contributed by atoms with Crippen LogP contribution in [0.1, 0.15) is 317 Å². The number of phosphoric ester groups is 2. The van der Waals surface area contributed by atoms with E-state index in [-0.39, 0.29) is 25.7 Å². The van der Waals surface area contributed by atoms with Gasteiger partial charge in [-0.3, -0.25) is 37.3 Å². The van der Waals surface area contributed by atoms with E-state index in [2.05, 4.69) is 58.9 Å². The van der Waals surface area contributed by atoms with Crippen molar-refractivity contribution in [1.29, 1.82) is 0 Å². The standard InChI is InChI=1S/C67H126O17P2/c1-6-9-12-15-17-19-20-21-22-26-29-33-36-41-46-51-65(70)78-57-63(84-67(72)53-48-43-38-34-30-27-24-23-25-28-32-35-40-44-49-60(4)5)59-82-86(75,76)80-55-61(68)54-79-85(73,74)81-58-62(56-77-64(69)50-45-39-14-11-8-3)83-66(71)52-47-42-37-31-18-16-13-10-7-2/h19-22,60-63,68H,6-18,23-59H2,1-5H3,(H,73,74)(H,75,76)/b20-19-,22-21-/t61-,62+,63+/m0/s1. The predicted molar refractivity (Wildman–Crippen MR) is 344 cm³/mol. The summed E-state index contributed by atoms with van der Waals surface area (Å²) < 4.78 is 67.8. The number of hydrogen-bond donors (Lipinski definition) is 3. The van der Waals surface area contributed by atoms with Gasteiger partial charge in [0.15, 0.2) is 12.2 Å². The van der Waals surface area contributed by atoms with E-state index in [9.17, 15) is 43.2 Å². The van der Waals surface area contributed by atoms with Crippen molar-refractivity contribution in [1.82, 2.24) is 0 Å². The second-order valence-corrected chi connectivity index (χ2v) is 26.9. The first-order valence-corrected chi connectivity index (χ1v) is 37.4. The number of phosphoric acid groups is 2. The molecule has 0 saturated carbocycles. The van der Waals surface area contributed by atoms with Crippen LogP contribution in [0, 0.1) is 5.92 Å². The number of carbonyl (C=O) groups is 4. The number of aliphatic hydroxyl groups is 1. The Labute approximate surface area is 522 Å². The van der Waals surface area contributed by atoms with Crippen LogP contribution in [0.5, 0.6) is 0 Å². The lowest BCUT2D eigenvalue weighted by Gasteiger charge is -2.21. The van der Waals surface area contributed by atoms with Crippen LogP contribution in [0.15, 0.2) is 24.3 Å². The van der Waals surface area contributed by atoms with Crippen molar-refractivity contribution in [2.75, 3.05) is 39.6 Å². The topological polar surface area (TPSA) is 237 Å². The Morgan fingerprint density at radius 2 is 0.628 bits per heavy atom. The molecule has 0 amide bonds. The summed E-state index contributed by atoms with van der Waals surface area (Å²) >= 11 is 0. The molecule has 0 bridgehead atoms. The van der Waals surface area contributed by atoms with Crippen molar-refractivity contribution in [2.24, 2.45) is 5.92 Å². The van der Waals surface area contributed by atoms with E-state index in [1.165, 1.54) is 116 Å². The maximum absolute atomic E-state index is 13.0. The first kappa shape index (κ1) is 83.5. The van der Waals surface area contributed by atoms with Gasteiger partial charge in [0.25, 0.3) is 0 Å². The average molecular weight is 1270 g/mol. The van der Waals surface area contributed by atoms with Crippen molar-refractivity contribution >= 4 is 39.5 Å². The third kappa shape index (κ3) is 60.5. The summed E-state index contributed by atoms with van der Waals surface area (Å²) in [5.41, 5.74) is 0. The molecule has 2 unspecified atom stereocenters. The number of unbranched alkanes of at least 4 members (excludes halogenated alkanes) is 34. The van der Waals surface area contributed by atoms with Crippen LogP contribution in [0.25, 0.3) is 0 Å².